The topological polar surface area (TPSA) is 71.5 Å². The second-order valence-electron chi connectivity index (χ2n) is 2.10. The molecular formula is C6H3BrN4O. The molecule has 0 aliphatic carbocycles. The molecule has 60 valence electrons. The number of hydrogen-bond acceptors (Lipinski definition) is 4. The Labute approximate surface area is 75.4 Å². The lowest BCUT2D eigenvalue weighted by molar-refractivity contribution is 0.111. The average Bonchev–Trinajstić information content (AvgIpc) is 2.46. The van der Waals surface area contributed by atoms with Crippen LogP contribution in [0.15, 0.2) is 10.8 Å². The van der Waals surface area contributed by atoms with Crippen LogP contribution < -0.4 is 0 Å². The van der Waals surface area contributed by atoms with E-state index in [1.165, 1.54) is 6.20 Å². The van der Waals surface area contributed by atoms with Crippen molar-refractivity contribution < 1.29 is 4.79 Å². The zero-order valence-electron chi connectivity index (χ0n) is 5.78. The monoisotopic (exact) mass is 226 g/mol. The van der Waals surface area contributed by atoms with E-state index in [0.29, 0.717) is 22.2 Å². The molecule has 2 aromatic rings. The number of nitrogens with one attached hydrogen (secondary N) is 1. The molecule has 5 nitrogen and oxygen atoms in total. The van der Waals surface area contributed by atoms with Crippen LogP contribution in [0.25, 0.3) is 11.3 Å². The highest BCUT2D eigenvalue weighted by atomic mass is 79.9. The second-order valence-corrected chi connectivity index (χ2v) is 2.92. The molecule has 0 saturated carbocycles. The van der Waals surface area contributed by atoms with Gasteiger partial charge in [0.2, 0.25) is 0 Å². The van der Waals surface area contributed by atoms with Gasteiger partial charge in [0.15, 0.2) is 23.4 Å². The predicted octanol–water partition coefficient (Wildman–Crippen LogP) is 0.928. The molecule has 6 heteroatoms. The van der Waals surface area contributed by atoms with Crippen LogP contribution in [0.3, 0.4) is 0 Å². The molecule has 0 radical (unpaired) electrons. The summed E-state index contributed by atoms with van der Waals surface area (Å²) in [5.41, 5.74) is 0.951. The Morgan fingerprint density at radius 1 is 1.50 bits per heavy atom. The van der Waals surface area contributed by atoms with Crippen LogP contribution in [0, 0.1) is 0 Å². The van der Waals surface area contributed by atoms with Crippen molar-refractivity contribution in [1.29, 1.82) is 0 Å². The fourth-order valence-corrected chi connectivity index (χ4v) is 1.13. The number of carbonyl (C=O) groups excluding carboxylic acids is 1. The summed E-state index contributed by atoms with van der Waals surface area (Å²) in [5, 5.41) is 0. The molecule has 0 spiro atoms. The Hall–Kier alpha value is -1.30. The number of aromatic nitrogens is 4. The van der Waals surface area contributed by atoms with Gasteiger partial charge in [-0.25, -0.2) is 15.0 Å². The normalized spacial score (nSPS) is 10.4. The largest absolute Gasteiger partial charge is 0.319 e. The van der Waals surface area contributed by atoms with E-state index < -0.39 is 0 Å². The third kappa shape index (κ3) is 1.10. The van der Waals surface area contributed by atoms with Gasteiger partial charge in [0.05, 0.1) is 6.20 Å². The number of imidazole rings is 1. The summed E-state index contributed by atoms with van der Waals surface area (Å²) in [6.45, 7) is 0. The van der Waals surface area contributed by atoms with Gasteiger partial charge in [0, 0.05) is 0 Å². The molecular weight excluding hydrogens is 224 g/mol. The van der Waals surface area contributed by atoms with Crippen LogP contribution in [0.1, 0.15) is 10.6 Å². The number of aromatic amines is 1. The minimum atomic E-state index is 0.239. The van der Waals surface area contributed by atoms with Crippen molar-refractivity contribution in [1.82, 2.24) is 19.9 Å². The first-order valence-electron chi connectivity index (χ1n) is 3.13. The Morgan fingerprint density at radius 2 is 2.33 bits per heavy atom. The SMILES string of the molecule is O=Cc1nc2ncc(Br)nc2[nH]1. The summed E-state index contributed by atoms with van der Waals surface area (Å²) >= 11 is 3.15. The number of fused-ring (bicyclic) bond motifs is 1. The first-order chi connectivity index (χ1) is 5.79. The van der Waals surface area contributed by atoms with E-state index in [2.05, 4.69) is 35.9 Å². The number of hydrogen-bond donors (Lipinski definition) is 1. The summed E-state index contributed by atoms with van der Waals surface area (Å²) in [5.74, 6) is 0.239. The lowest BCUT2D eigenvalue weighted by atomic mass is 10.7. The maximum absolute atomic E-state index is 10.3. The number of aldehydes is 1. The first kappa shape index (κ1) is 7.35. The van der Waals surface area contributed by atoms with Gasteiger partial charge < -0.3 is 4.98 Å². The van der Waals surface area contributed by atoms with E-state index in [1.807, 2.05) is 0 Å². The zero-order chi connectivity index (χ0) is 8.55. The number of nitrogens with zero attached hydrogens (tertiary/aromatic N) is 3. The number of H-pyrrole nitrogens is 1. The van der Waals surface area contributed by atoms with Gasteiger partial charge in [-0.1, -0.05) is 0 Å². The molecule has 0 atom stereocenters. The quantitative estimate of drug-likeness (QED) is 0.735. The van der Waals surface area contributed by atoms with Crippen LogP contribution >= 0.6 is 15.9 Å². The highest BCUT2D eigenvalue weighted by Crippen LogP contribution is 2.09. The Morgan fingerprint density at radius 3 is 3.08 bits per heavy atom. The first-order valence-corrected chi connectivity index (χ1v) is 3.92. The van der Waals surface area contributed by atoms with Crippen LogP contribution in [0.5, 0.6) is 0 Å². The molecule has 2 rings (SSSR count). The van der Waals surface area contributed by atoms with Gasteiger partial charge in [-0.05, 0) is 15.9 Å². The minimum absolute atomic E-state index is 0.239. The summed E-state index contributed by atoms with van der Waals surface area (Å²) in [6, 6.07) is 0. The molecule has 0 bridgehead atoms. The minimum Gasteiger partial charge on any atom is -0.319 e. The van der Waals surface area contributed by atoms with E-state index in [9.17, 15) is 4.79 Å². The fourth-order valence-electron chi connectivity index (χ4n) is 0.846. The zero-order valence-corrected chi connectivity index (χ0v) is 7.37. The smallest absolute Gasteiger partial charge is 0.197 e. The highest BCUT2D eigenvalue weighted by Gasteiger charge is 2.03. The summed E-state index contributed by atoms with van der Waals surface area (Å²) in [4.78, 5) is 24.8. The molecule has 0 saturated heterocycles. The van der Waals surface area contributed by atoms with Gasteiger partial charge in [-0.3, -0.25) is 4.79 Å². The van der Waals surface area contributed by atoms with Crippen LogP contribution in [-0.4, -0.2) is 26.2 Å². The maximum atomic E-state index is 10.3. The van der Waals surface area contributed by atoms with Crippen LogP contribution in [0.4, 0.5) is 0 Å². The predicted molar refractivity (Wildman–Crippen MR) is 44.8 cm³/mol. The highest BCUT2D eigenvalue weighted by molar-refractivity contribution is 9.10. The lowest BCUT2D eigenvalue weighted by Gasteiger charge is -1.85. The molecule has 0 amide bonds. The van der Waals surface area contributed by atoms with Crippen molar-refractivity contribution in [2.75, 3.05) is 0 Å². The molecule has 2 heterocycles. The number of carbonyl (C=O) groups is 1. The summed E-state index contributed by atoms with van der Waals surface area (Å²) in [6.07, 6.45) is 2.15. The maximum Gasteiger partial charge on any atom is 0.197 e. The van der Waals surface area contributed by atoms with E-state index in [1.54, 1.807) is 0 Å². The van der Waals surface area contributed by atoms with Crippen molar-refractivity contribution in [2.24, 2.45) is 0 Å². The second kappa shape index (κ2) is 2.63. The van der Waals surface area contributed by atoms with E-state index in [-0.39, 0.29) is 5.82 Å². The lowest BCUT2D eigenvalue weighted by Crippen LogP contribution is -1.81. The van der Waals surface area contributed by atoms with E-state index >= 15 is 0 Å². The van der Waals surface area contributed by atoms with Crippen LogP contribution in [0.2, 0.25) is 0 Å². The summed E-state index contributed by atoms with van der Waals surface area (Å²) < 4.78 is 0.607. The number of rotatable bonds is 1. The molecule has 0 unspecified atom stereocenters. The molecule has 2 aromatic heterocycles. The molecule has 1 N–H and O–H groups in total. The standard InChI is InChI=1S/C6H3BrN4O/c7-3-1-8-5-6(9-3)11-4(2-12)10-5/h1-2H,(H,8,9,10,11). The third-order valence-electron chi connectivity index (χ3n) is 1.31. The van der Waals surface area contributed by atoms with Gasteiger partial charge in [0.25, 0.3) is 0 Å². The van der Waals surface area contributed by atoms with Crippen molar-refractivity contribution in [3.63, 3.8) is 0 Å². The van der Waals surface area contributed by atoms with Gasteiger partial charge in [-0.15, -0.1) is 0 Å². The van der Waals surface area contributed by atoms with E-state index in [0.717, 1.165) is 0 Å². The van der Waals surface area contributed by atoms with Gasteiger partial charge >= 0.3 is 0 Å². The Balaban J connectivity index is 2.75. The number of halogens is 1. The Bertz CT molecular complexity index is 438. The molecule has 0 aliphatic heterocycles. The fraction of sp³-hybridized carbons (Fsp3) is 0. The van der Waals surface area contributed by atoms with Crippen molar-refractivity contribution in [3.8, 4) is 0 Å². The van der Waals surface area contributed by atoms with Crippen molar-refractivity contribution >= 4 is 33.5 Å². The molecule has 12 heavy (non-hydrogen) atoms. The van der Waals surface area contributed by atoms with Gasteiger partial charge in [-0.2, -0.15) is 0 Å². The van der Waals surface area contributed by atoms with Gasteiger partial charge in [0.1, 0.15) is 4.60 Å². The van der Waals surface area contributed by atoms with E-state index in [4.69, 9.17) is 0 Å². The molecule has 0 aliphatic rings. The summed E-state index contributed by atoms with van der Waals surface area (Å²) in [7, 11) is 0. The molecule has 0 aromatic carbocycles. The third-order valence-corrected chi connectivity index (χ3v) is 1.69. The Kier molecular flexibility index (Phi) is 1.61. The molecule has 0 fully saturated rings. The van der Waals surface area contributed by atoms with Crippen LogP contribution in [-0.2, 0) is 0 Å². The average molecular weight is 227 g/mol. The van der Waals surface area contributed by atoms with Crippen molar-refractivity contribution in [2.45, 2.75) is 0 Å². The van der Waals surface area contributed by atoms with Crippen molar-refractivity contribution in [3.05, 3.63) is 16.6 Å².